The summed E-state index contributed by atoms with van der Waals surface area (Å²) in [5.41, 5.74) is 17.7. The Morgan fingerprint density at radius 1 is 0.171 bits per heavy atom. The number of hydrogen-bond acceptors (Lipinski definition) is 8. The van der Waals surface area contributed by atoms with Crippen molar-refractivity contribution in [3.8, 4) is 0 Å². The smallest absolute Gasteiger partial charge is 0.181 e. The van der Waals surface area contributed by atoms with Gasteiger partial charge in [-0.3, -0.25) is 38.4 Å². The molecule has 0 spiro atoms. The first-order chi connectivity index (χ1) is 53.4. The summed E-state index contributed by atoms with van der Waals surface area (Å²) >= 11 is 0. The van der Waals surface area contributed by atoms with Crippen LogP contribution in [0.15, 0.2) is 232 Å². The zero-order valence-corrected chi connectivity index (χ0v) is 71.7. The Morgan fingerprint density at radius 2 is 0.351 bits per heavy atom. The molecule has 0 aromatic heterocycles. The van der Waals surface area contributed by atoms with E-state index in [1.165, 1.54) is 187 Å². The molecule has 0 unspecified atom stereocenters. The van der Waals surface area contributed by atoms with Crippen LogP contribution < -0.4 is 43.4 Å². The molecule has 111 heavy (non-hydrogen) atoms. The highest BCUT2D eigenvalue weighted by molar-refractivity contribution is 5.27. The standard InChI is InChI=1S/C18H28O.C16H24O.C14H20O.C13H18O.C12H16O.C11H14O.C10H12O.C9H10O/c1-3-4-5-6-7-8-9-10-12-17-13-11-14-18(19)16(2)15-17;1-3-4-5-6-7-8-10-15-11-9-12-16(17)14(2)13-15;1-3-4-5-6-8-13-9-7-10-14(15)12(2)11-13;1-3-4-5-7-12-8-6-9-13(14)11(2)10-12;1-3-4-6-11-7-5-8-12(13)10(2)9-11;1-3-5-10-6-4-7-11(12)9(2)8-10;1-3-9-5-4-6-10(11)8(2)7-9;1-7-4-3-5-9(10)8(2)6-7/h11,13-15H,3-10,12H2,1-2H3;9,11-13H,3-8,10H2,1-2H3;7,9-11H,3-6,8H2,1-2H3;6,8-10H,3-5,7H2,1-2H3;5,7-9H,3-4,6H2,1-2H3;4,6-8H,3,5H2,1-2H3;4-7H,3H2,1-2H3;3-6H,1-2H3. The lowest BCUT2D eigenvalue weighted by molar-refractivity contribution is 0.575. The quantitative estimate of drug-likeness (QED) is 0.0392. The highest BCUT2D eigenvalue weighted by atomic mass is 16.1. The first kappa shape index (κ1) is 100. The number of aryl methyl sites for hydroxylation is 16. The number of unbranched alkanes of at least 4 members (excludes halogenated alkanes) is 18. The third kappa shape index (κ3) is 49.9. The monoisotopic (exact) mass is 1510 g/mol. The lowest BCUT2D eigenvalue weighted by Crippen LogP contribution is -1.97. The maximum atomic E-state index is 11.5. The summed E-state index contributed by atoms with van der Waals surface area (Å²) in [6.07, 6.45) is 38.5. The van der Waals surface area contributed by atoms with Crippen molar-refractivity contribution < 1.29 is 0 Å². The molecule has 0 saturated carbocycles. The van der Waals surface area contributed by atoms with Crippen molar-refractivity contribution >= 4 is 0 Å². The third-order valence-electron chi connectivity index (χ3n) is 19.2. The third-order valence-corrected chi connectivity index (χ3v) is 19.2. The van der Waals surface area contributed by atoms with Crippen LogP contribution in [0.5, 0.6) is 0 Å². The molecule has 0 aliphatic carbocycles. The van der Waals surface area contributed by atoms with Crippen molar-refractivity contribution in [2.45, 2.75) is 310 Å². The molecule has 8 nitrogen and oxygen atoms in total. The van der Waals surface area contributed by atoms with Crippen LogP contribution in [0.3, 0.4) is 0 Å². The van der Waals surface area contributed by atoms with Crippen molar-refractivity contribution in [2.75, 3.05) is 0 Å². The van der Waals surface area contributed by atoms with Gasteiger partial charge in [-0.1, -0.05) is 322 Å². The molecule has 8 aromatic rings. The van der Waals surface area contributed by atoms with Crippen LogP contribution in [0.4, 0.5) is 0 Å². The van der Waals surface area contributed by atoms with E-state index in [-0.39, 0.29) is 43.4 Å². The van der Waals surface area contributed by atoms with Crippen LogP contribution in [0.25, 0.3) is 0 Å². The summed E-state index contributed by atoms with van der Waals surface area (Å²) in [7, 11) is 0. The lowest BCUT2D eigenvalue weighted by atomic mass is 10.0. The Kier molecular flexibility index (Phi) is 57.5. The van der Waals surface area contributed by atoms with E-state index < -0.39 is 0 Å². The minimum Gasteiger partial charge on any atom is -0.290 e. The Bertz CT molecular complexity index is 4410. The Hall–Kier alpha value is -8.88. The molecule has 0 N–H and O–H groups in total. The fourth-order valence-corrected chi connectivity index (χ4v) is 12.1. The average molecular weight is 1510 g/mol. The van der Waals surface area contributed by atoms with Crippen LogP contribution in [-0.4, -0.2) is 0 Å². The summed E-state index contributed by atoms with van der Waals surface area (Å²) in [6, 6.07) is 59.9. The molecule has 0 amide bonds. The van der Waals surface area contributed by atoms with E-state index in [1.54, 1.807) is 54.6 Å². The van der Waals surface area contributed by atoms with Gasteiger partial charge in [-0.15, -0.1) is 0 Å². The molecule has 0 aliphatic rings. The molecule has 0 aliphatic heterocycles. The predicted octanol–water partition coefficient (Wildman–Crippen LogP) is 24.4. The van der Waals surface area contributed by atoms with Crippen LogP contribution in [0.1, 0.15) is 292 Å². The van der Waals surface area contributed by atoms with E-state index >= 15 is 0 Å². The Labute approximate surface area is 670 Å². The van der Waals surface area contributed by atoms with E-state index in [0.29, 0.717) is 0 Å². The van der Waals surface area contributed by atoms with Gasteiger partial charge in [-0.2, -0.15) is 0 Å². The second kappa shape index (κ2) is 63.7. The van der Waals surface area contributed by atoms with Gasteiger partial charge in [0.2, 0.25) is 0 Å². The highest BCUT2D eigenvalue weighted by Gasteiger charge is 2.02. The van der Waals surface area contributed by atoms with Crippen molar-refractivity contribution in [3.63, 3.8) is 0 Å². The van der Waals surface area contributed by atoms with Gasteiger partial charge in [0, 0.05) is 0 Å². The fourth-order valence-electron chi connectivity index (χ4n) is 12.1. The molecule has 0 saturated heterocycles. The topological polar surface area (TPSA) is 137 Å². The van der Waals surface area contributed by atoms with E-state index in [1.807, 2.05) is 184 Å². The molecular weight excluding hydrogens is 1370 g/mol. The zero-order chi connectivity index (χ0) is 82.4. The van der Waals surface area contributed by atoms with Crippen molar-refractivity contribution in [1.82, 2.24) is 0 Å². The van der Waals surface area contributed by atoms with Crippen LogP contribution >= 0.6 is 0 Å². The van der Waals surface area contributed by atoms with Gasteiger partial charge in [-0.25, -0.2) is 0 Å². The Morgan fingerprint density at radius 3 is 0.604 bits per heavy atom. The molecule has 0 bridgehead atoms. The molecular formula is C103H142O8. The van der Waals surface area contributed by atoms with E-state index in [0.717, 1.165) is 101 Å². The van der Waals surface area contributed by atoms with Crippen molar-refractivity contribution in [3.05, 3.63) is 365 Å². The lowest BCUT2D eigenvalue weighted by Gasteiger charge is -2.01. The van der Waals surface area contributed by atoms with E-state index in [9.17, 15) is 38.4 Å². The summed E-state index contributed by atoms with van der Waals surface area (Å²) in [5, 5.41) is 0. The fraction of sp³-hybridized carbons (Fsp3) is 0.456. The second-order valence-corrected chi connectivity index (χ2v) is 29.7. The van der Waals surface area contributed by atoms with Gasteiger partial charge in [0.05, 0.1) is 0 Å². The number of rotatable bonds is 31. The Balaban J connectivity index is 0.000000639. The van der Waals surface area contributed by atoms with E-state index in [4.69, 9.17) is 0 Å². The molecule has 602 valence electrons. The number of hydrogen-bond donors (Lipinski definition) is 0. The molecule has 0 fully saturated rings. The van der Waals surface area contributed by atoms with Gasteiger partial charge >= 0.3 is 0 Å². The maximum Gasteiger partial charge on any atom is 0.181 e. The zero-order valence-electron chi connectivity index (χ0n) is 71.7. The molecule has 8 rings (SSSR count). The molecule has 0 atom stereocenters. The van der Waals surface area contributed by atoms with Gasteiger partial charge < -0.3 is 0 Å². The highest BCUT2D eigenvalue weighted by Crippen LogP contribution is 2.14. The van der Waals surface area contributed by atoms with Gasteiger partial charge in [0.1, 0.15) is 0 Å². The minimum atomic E-state index is 0.105. The first-order valence-electron chi connectivity index (χ1n) is 42.1. The van der Waals surface area contributed by atoms with Crippen molar-refractivity contribution in [1.29, 1.82) is 0 Å². The summed E-state index contributed by atoms with van der Waals surface area (Å²) in [4.78, 5) is 90.0. The largest absolute Gasteiger partial charge is 0.290 e. The van der Waals surface area contributed by atoms with Crippen LogP contribution in [0, 0.1) is 62.3 Å². The second-order valence-electron chi connectivity index (χ2n) is 29.7. The molecule has 8 aromatic carbocycles. The van der Waals surface area contributed by atoms with Crippen LogP contribution in [0.2, 0.25) is 0 Å². The summed E-state index contributed by atoms with van der Waals surface area (Å²) in [6.45, 7) is 32.3. The first-order valence-corrected chi connectivity index (χ1v) is 42.1. The van der Waals surface area contributed by atoms with Gasteiger partial charge in [-0.05, 0) is 271 Å². The van der Waals surface area contributed by atoms with Crippen LogP contribution in [-0.2, 0) is 44.9 Å². The van der Waals surface area contributed by atoms with Gasteiger partial charge in [0.15, 0.2) is 43.4 Å². The molecule has 0 heterocycles. The average Bonchev–Trinajstić information content (AvgIpc) is 1.97. The summed E-state index contributed by atoms with van der Waals surface area (Å²) < 4.78 is 0. The maximum absolute atomic E-state index is 11.5. The predicted molar refractivity (Wildman–Crippen MR) is 481 cm³/mol. The SMILES string of the molecule is CCCCCCCCCCc1cccc(=O)c(C)c1.CCCCCCCCc1cccc(=O)c(C)c1.CCCCCCc1cccc(=O)c(C)c1.CCCCCc1cccc(=O)c(C)c1.CCCCc1cccc(=O)c(C)c1.CCCc1cccc(=O)c(C)c1.CCc1cccc(=O)c(C)c1.Cc1cccc(=O)c(C)c1. The molecule has 8 heteroatoms. The normalized spacial score (nSPS) is 10.1. The van der Waals surface area contributed by atoms with Crippen molar-refractivity contribution in [2.24, 2.45) is 0 Å². The summed E-state index contributed by atoms with van der Waals surface area (Å²) in [5.74, 6) is 0. The minimum absolute atomic E-state index is 0.105. The molecule has 0 radical (unpaired) electrons. The van der Waals surface area contributed by atoms with E-state index in [2.05, 4.69) is 66.7 Å². The van der Waals surface area contributed by atoms with Gasteiger partial charge in [0.25, 0.3) is 0 Å².